The lowest BCUT2D eigenvalue weighted by molar-refractivity contribution is -0.360. The Kier molecular flexibility index (Phi) is 66.1. The number of aliphatic hydroxyl groups excluding tert-OH is 9. The Bertz CT molecular complexity index is 2530. The van der Waals surface area contributed by atoms with Crippen LogP contribution < -0.4 is 0 Å². The van der Waals surface area contributed by atoms with Crippen LogP contribution in [0.3, 0.4) is 0 Å². The molecule has 0 bridgehead atoms. The van der Waals surface area contributed by atoms with Crippen LogP contribution in [0.2, 0.25) is 0 Å². The van der Waals surface area contributed by atoms with Gasteiger partial charge < -0.3 is 88.7 Å². The molecule has 2 saturated heterocycles. The molecule has 3 fully saturated rings. The van der Waals surface area contributed by atoms with Crippen molar-refractivity contribution in [2.24, 2.45) is 5.92 Å². The molecule has 1 saturated carbocycles. The van der Waals surface area contributed by atoms with E-state index in [2.05, 4.69) is 46.8 Å². The smallest absolute Gasteiger partial charge is 0.463 e. The van der Waals surface area contributed by atoms with Crippen molar-refractivity contribution in [3.63, 3.8) is 0 Å². The lowest BCUT2D eigenvalue weighted by Crippen LogP contribution is -2.70. The summed E-state index contributed by atoms with van der Waals surface area (Å²) in [6, 6.07) is 0. The van der Waals surface area contributed by atoms with Crippen molar-refractivity contribution < 1.29 is 122 Å². The molecule has 2 aliphatic heterocycles. The maximum Gasteiger partial charge on any atom is 0.472 e. The van der Waals surface area contributed by atoms with Gasteiger partial charge in [0, 0.05) is 25.7 Å². The van der Waals surface area contributed by atoms with E-state index in [0.29, 0.717) is 38.0 Å². The van der Waals surface area contributed by atoms with Gasteiger partial charge in [0.2, 0.25) is 0 Å². The van der Waals surface area contributed by atoms with E-state index >= 15 is 0 Å². The predicted molar refractivity (Wildman–Crippen MR) is 463 cm³/mol. The average Bonchev–Trinajstić information content (AvgIpc) is 0.754. The Morgan fingerprint density at radius 1 is 0.353 bits per heavy atom. The van der Waals surface area contributed by atoms with Crippen LogP contribution in [0.5, 0.6) is 0 Å². The van der Waals surface area contributed by atoms with E-state index in [9.17, 15) is 74.6 Å². The molecule has 0 spiro atoms. The molecule has 19 unspecified atom stereocenters. The second kappa shape index (κ2) is 71.3. The molecular formula is C93H173O25P. The molecular weight excluding hydrogens is 1550 g/mol. The molecule has 3 aliphatic rings. The van der Waals surface area contributed by atoms with E-state index in [1.165, 1.54) is 180 Å². The number of esters is 4. The monoisotopic (exact) mass is 1720 g/mol. The molecule has 19 atom stereocenters. The fourth-order valence-corrected chi connectivity index (χ4v) is 17.1. The van der Waals surface area contributed by atoms with Gasteiger partial charge in [-0.05, 0) is 57.3 Å². The summed E-state index contributed by atoms with van der Waals surface area (Å²) in [6.45, 7) is 7.94. The van der Waals surface area contributed by atoms with E-state index < -0.39 is 162 Å². The van der Waals surface area contributed by atoms with Crippen LogP contribution in [0, 0.1) is 5.92 Å². The fraction of sp³-hybridized carbons (Fsp3) is 0.935. The van der Waals surface area contributed by atoms with Crippen LogP contribution in [-0.4, -0.2) is 205 Å². The zero-order chi connectivity index (χ0) is 86.9. The normalized spacial score (nSPS) is 25.1. The van der Waals surface area contributed by atoms with Crippen LogP contribution in [0.25, 0.3) is 0 Å². The van der Waals surface area contributed by atoms with E-state index in [1.54, 1.807) is 0 Å². The average molecular weight is 1720 g/mol. The molecule has 0 aromatic rings. The summed E-state index contributed by atoms with van der Waals surface area (Å²) in [5.74, 6) is -2.28. The summed E-state index contributed by atoms with van der Waals surface area (Å²) < 4.78 is 73.6. The van der Waals surface area contributed by atoms with Gasteiger partial charge in [0.15, 0.2) is 24.8 Å². The Morgan fingerprint density at radius 2 is 0.681 bits per heavy atom. The Morgan fingerprint density at radius 3 is 1.09 bits per heavy atom. The van der Waals surface area contributed by atoms with Gasteiger partial charge in [0.05, 0.1) is 13.2 Å². The number of rotatable bonds is 78. The zero-order valence-electron chi connectivity index (χ0n) is 74.8. The molecule has 25 nitrogen and oxygen atoms in total. The Balaban J connectivity index is 1.91. The van der Waals surface area contributed by atoms with Crippen molar-refractivity contribution in [1.82, 2.24) is 0 Å². The number of allylic oxidation sites excluding steroid dienone is 2. The van der Waals surface area contributed by atoms with E-state index in [0.717, 1.165) is 148 Å². The van der Waals surface area contributed by atoms with Gasteiger partial charge in [-0.1, -0.05) is 355 Å². The first-order valence-corrected chi connectivity index (χ1v) is 49.8. The zero-order valence-corrected chi connectivity index (χ0v) is 75.7. The topological polar surface area (TPSA) is 380 Å². The largest absolute Gasteiger partial charge is 0.472 e. The highest BCUT2D eigenvalue weighted by Gasteiger charge is 2.60. The molecule has 0 aromatic heterocycles. The van der Waals surface area contributed by atoms with Crippen molar-refractivity contribution in [3.05, 3.63) is 12.2 Å². The highest BCUT2D eigenvalue weighted by Crippen LogP contribution is 2.49. The van der Waals surface area contributed by atoms with Crippen molar-refractivity contribution in [3.8, 4) is 0 Å². The molecule has 10 N–H and O–H groups in total. The minimum atomic E-state index is -5.81. The fourth-order valence-electron chi connectivity index (χ4n) is 16.1. The summed E-state index contributed by atoms with van der Waals surface area (Å²) in [4.78, 5) is 66.6. The van der Waals surface area contributed by atoms with Gasteiger partial charge in [-0.25, -0.2) is 4.57 Å². The van der Waals surface area contributed by atoms with Gasteiger partial charge >= 0.3 is 31.7 Å². The summed E-state index contributed by atoms with van der Waals surface area (Å²) in [5, 5.41) is 102. The molecule has 26 heteroatoms. The van der Waals surface area contributed by atoms with Crippen LogP contribution in [0.15, 0.2) is 12.2 Å². The standard InChI is InChI=1S/C93H173O25P/c1-6-10-14-18-22-25-28-31-33-35-38-39-42-45-52-58-64-76(95)109-69-73(112-78(97)66-60-55-49-48-51-57-63-72(5)62-56-50-21-17-13-9-4)70-111-119(107,108)118-91-89(116-92-86(105)82(101)80(99)74(68-94)113-92)85(104)84(103)88(115-79(98)67-61-54-47-44-41-36-30-27-24-20-16-12-8-3)90(91)117-93-87(106)83(102)81(100)75(114-93)71-110-77(96)65-59-53-46-43-40-37-34-32-29-26-23-19-15-11-7-2/h26,29,72-75,80-94,99-106H,6-25,27-28,30-71H2,1-5H3,(H,107,108)/b29-26-. The first-order valence-electron chi connectivity index (χ1n) is 48.3. The Labute approximate surface area is 718 Å². The third kappa shape index (κ3) is 51.6. The summed E-state index contributed by atoms with van der Waals surface area (Å²) >= 11 is 0. The van der Waals surface area contributed by atoms with Crippen LogP contribution in [0.4, 0.5) is 0 Å². The van der Waals surface area contributed by atoms with Crippen LogP contribution in [0.1, 0.15) is 420 Å². The van der Waals surface area contributed by atoms with Gasteiger partial charge in [-0.2, -0.15) is 0 Å². The quantitative estimate of drug-likeness (QED) is 0.00889. The summed E-state index contributed by atoms with van der Waals surface area (Å²) in [6.07, 6.45) is 29.1. The first kappa shape index (κ1) is 110. The SMILES string of the molecule is CCCCCC/C=C\CCCCCCCCCC(=O)OCC1OC(OC2C(OC(=O)CCCCCCCCCCCCCCC)C(O)C(O)C(OC3OC(CO)C(O)C(O)C3O)C2OP(=O)(O)OCC(COC(=O)CCCCCCCCCCCCCCCCCC)OC(=O)CCCCCCCCC(C)CCCCCCCC)C(O)C(O)C1O. The van der Waals surface area contributed by atoms with E-state index in [1.807, 2.05) is 0 Å². The van der Waals surface area contributed by atoms with Gasteiger partial charge in [0.25, 0.3) is 0 Å². The predicted octanol–water partition coefficient (Wildman–Crippen LogP) is 18.2. The Hall–Kier alpha value is -2.79. The maximum absolute atomic E-state index is 14.9. The second-order valence-electron chi connectivity index (χ2n) is 34.9. The molecule has 0 amide bonds. The number of carbonyl (C=O) groups is 4. The lowest BCUT2D eigenvalue weighted by Gasteiger charge is -2.50. The number of aliphatic hydroxyl groups is 9. The number of unbranched alkanes of at least 4 members (excludes halogenated alkanes) is 48. The van der Waals surface area contributed by atoms with E-state index in [4.69, 9.17) is 46.9 Å². The highest BCUT2D eigenvalue weighted by atomic mass is 31.2. The van der Waals surface area contributed by atoms with Crippen LogP contribution >= 0.6 is 7.82 Å². The third-order valence-electron chi connectivity index (χ3n) is 23.9. The van der Waals surface area contributed by atoms with Crippen molar-refractivity contribution >= 4 is 31.7 Å². The number of carbonyl (C=O) groups excluding carboxylic acids is 4. The molecule has 0 radical (unpaired) electrons. The highest BCUT2D eigenvalue weighted by molar-refractivity contribution is 7.47. The summed E-state index contributed by atoms with van der Waals surface area (Å²) in [7, 11) is -5.81. The number of ether oxygens (including phenoxy) is 8. The summed E-state index contributed by atoms with van der Waals surface area (Å²) in [5.41, 5.74) is 0. The minimum absolute atomic E-state index is 0.0107. The van der Waals surface area contributed by atoms with Gasteiger partial charge in [-0.15, -0.1) is 0 Å². The van der Waals surface area contributed by atoms with E-state index in [-0.39, 0.29) is 25.7 Å². The van der Waals surface area contributed by atoms with Crippen molar-refractivity contribution in [1.29, 1.82) is 0 Å². The second-order valence-corrected chi connectivity index (χ2v) is 36.3. The van der Waals surface area contributed by atoms with Gasteiger partial charge in [-0.3, -0.25) is 28.2 Å². The molecule has 3 rings (SSSR count). The minimum Gasteiger partial charge on any atom is -0.463 e. The van der Waals surface area contributed by atoms with Crippen molar-refractivity contribution in [2.75, 3.05) is 26.4 Å². The number of phosphoric acid groups is 1. The number of phosphoric ester groups is 1. The number of hydrogen-bond donors (Lipinski definition) is 10. The van der Waals surface area contributed by atoms with Crippen molar-refractivity contribution in [2.45, 2.75) is 524 Å². The third-order valence-corrected chi connectivity index (χ3v) is 24.9. The van der Waals surface area contributed by atoms with Crippen LogP contribution in [-0.2, 0) is 70.7 Å². The van der Waals surface area contributed by atoms with Gasteiger partial charge in [0.1, 0.15) is 92.6 Å². The molecule has 0 aromatic carbocycles. The lowest BCUT2D eigenvalue weighted by atomic mass is 9.84. The molecule has 2 heterocycles. The molecule has 1 aliphatic carbocycles. The maximum atomic E-state index is 14.9. The first-order chi connectivity index (χ1) is 57.6. The number of hydrogen-bond acceptors (Lipinski definition) is 24. The molecule has 700 valence electrons. The molecule has 119 heavy (non-hydrogen) atoms.